The molecule has 8 nitrogen and oxygen atoms in total. The fraction of sp³-hybridized carbons (Fsp3) is 0.759. The molecule has 0 aromatic heterocycles. The molecule has 3 aliphatic carbocycles. The van der Waals surface area contributed by atoms with E-state index in [1.54, 1.807) is 12.0 Å². The normalized spacial score (nSPS) is 33.8. The van der Waals surface area contributed by atoms with Crippen LogP contribution >= 0.6 is 0 Å². The molecule has 1 aliphatic heterocycles. The highest BCUT2D eigenvalue weighted by Crippen LogP contribution is 2.61. The van der Waals surface area contributed by atoms with E-state index >= 15 is 0 Å². The van der Waals surface area contributed by atoms with Crippen LogP contribution in [-0.2, 0) is 22.7 Å². The minimum absolute atomic E-state index is 0.112. The van der Waals surface area contributed by atoms with Crippen LogP contribution in [0.15, 0.2) is 24.3 Å². The Morgan fingerprint density at radius 3 is 2.62 bits per heavy atom. The average Bonchev–Trinajstić information content (AvgIpc) is 3.21. The number of benzene rings is 1. The van der Waals surface area contributed by atoms with E-state index in [1.165, 1.54) is 12.0 Å². The van der Waals surface area contributed by atoms with Gasteiger partial charge in [-0.1, -0.05) is 45.0 Å². The number of nitrogens with zero attached hydrogens (tertiary/aromatic N) is 2. The molecule has 1 aromatic rings. The van der Waals surface area contributed by atoms with Crippen LogP contribution in [0.4, 0.5) is 0 Å². The molecule has 8 atom stereocenters. The number of likely N-dealkylation sites (N-methyl/N-ethyl adjacent to an activating group) is 1. The number of carbonyl (C=O) groups is 1. The van der Waals surface area contributed by atoms with Crippen molar-refractivity contribution in [3.63, 3.8) is 0 Å². The van der Waals surface area contributed by atoms with E-state index in [2.05, 4.69) is 62.5 Å². The van der Waals surface area contributed by atoms with Crippen LogP contribution in [-0.4, -0.2) is 84.2 Å². The molecule has 208 valence electrons. The average molecular weight is 517 g/mol. The van der Waals surface area contributed by atoms with Gasteiger partial charge in [-0.2, -0.15) is 5.06 Å². The number of hydrogen-bond donors (Lipinski definition) is 4. The summed E-state index contributed by atoms with van der Waals surface area (Å²) in [6, 6.07) is 7.74. The van der Waals surface area contributed by atoms with Crippen molar-refractivity contribution in [1.82, 2.24) is 20.6 Å². The van der Waals surface area contributed by atoms with Gasteiger partial charge in [-0.3, -0.25) is 9.63 Å². The van der Waals surface area contributed by atoms with E-state index in [1.807, 2.05) is 12.1 Å². The largest absolute Gasteiger partial charge is 0.394 e. The van der Waals surface area contributed by atoms with Gasteiger partial charge in [-0.25, -0.2) is 0 Å². The minimum Gasteiger partial charge on any atom is -0.394 e. The summed E-state index contributed by atoms with van der Waals surface area (Å²) in [6.45, 7) is 11.5. The molecule has 37 heavy (non-hydrogen) atoms. The Balaban J connectivity index is 1.46. The lowest BCUT2D eigenvalue weighted by Crippen LogP contribution is -2.62. The summed E-state index contributed by atoms with van der Waals surface area (Å²) in [5.41, 5.74) is 2.54. The van der Waals surface area contributed by atoms with Crippen LogP contribution in [0.1, 0.15) is 51.7 Å². The van der Waals surface area contributed by atoms with E-state index in [-0.39, 0.29) is 18.6 Å². The van der Waals surface area contributed by atoms with Crippen molar-refractivity contribution in [1.29, 1.82) is 0 Å². The van der Waals surface area contributed by atoms with Gasteiger partial charge in [0.1, 0.15) is 12.1 Å². The number of rotatable bonds is 11. The number of hydrogen-bond acceptors (Lipinski definition) is 7. The van der Waals surface area contributed by atoms with Gasteiger partial charge in [0, 0.05) is 31.6 Å². The lowest BCUT2D eigenvalue weighted by molar-refractivity contribution is -0.183. The van der Waals surface area contributed by atoms with Crippen molar-refractivity contribution in [2.45, 2.75) is 77.9 Å². The highest BCUT2D eigenvalue weighted by molar-refractivity contribution is 5.82. The Hall–Kier alpha value is -1.55. The van der Waals surface area contributed by atoms with Gasteiger partial charge >= 0.3 is 0 Å². The van der Waals surface area contributed by atoms with Crippen LogP contribution in [0.5, 0.6) is 0 Å². The quantitative estimate of drug-likeness (QED) is 0.334. The number of carbonyl (C=O) groups excluding carboxylic acids is 1. The third-order valence-electron chi connectivity index (χ3n) is 9.46. The molecule has 4 N–H and O–H groups in total. The summed E-state index contributed by atoms with van der Waals surface area (Å²) in [5, 5.41) is 29.1. The molecule has 0 radical (unpaired) electrons. The molecule has 0 spiro atoms. The SMILES string of the molecule is CC1[C@@H](NC(=O)[C@@H]2C([C@H](C)O)[C@H](CO)ON2Cc2cccc(CNCCN(C)C)c2)C[C@H]2C[C@@H]1C2(C)C. The van der Waals surface area contributed by atoms with Crippen LogP contribution in [0, 0.1) is 29.1 Å². The van der Waals surface area contributed by atoms with Crippen LogP contribution in [0.2, 0.25) is 0 Å². The molecule has 3 saturated carbocycles. The van der Waals surface area contributed by atoms with Gasteiger partial charge in [0.15, 0.2) is 0 Å². The number of nitrogens with one attached hydrogen (secondary N) is 2. The molecule has 4 fully saturated rings. The summed E-state index contributed by atoms with van der Waals surface area (Å²) in [6.07, 6.45) is 0.835. The summed E-state index contributed by atoms with van der Waals surface area (Å²) in [4.78, 5) is 22.0. The van der Waals surface area contributed by atoms with E-state index in [4.69, 9.17) is 4.84 Å². The molecule has 8 heteroatoms. The zero-order valence-corrected chi connectivity index (χ0v) is 23.5. The second-order valence-electron chi connectivity index (χ2n) is 12.5. The predicted octanol–water partition coefficient (Wildman–Crippen LogP) is 2.00. The molecular weight excluding hydrogens is 468 g/mol. The third-order valence-corrected chi connectivity index (χ3v) is 9.46. The van der Waals surface area contributed by atoms with Crippen LogP contribution < -0.4 is 10.6 Å². The van der Waals surface area contributed by atoms with Crippen molar-refractivity contribution < 1.29 is 19.8 Å². The Morgan fingerprint density at radius 1 is 1.27 bits per heavy atom. The lowest BCUT2D eigenvalue weighted by Gasteiger charge is -2.62. The fourth-order valence-corrected chi connectivity index (χ4v) is 7.04. The molecule has 2 bridgehead atoms. The molecule has 1 saturated heterocycles. The monoisotopic (exact) mass is 516 g/mol. The Kier molecular flexibility index (Phi) is 8.98. The first-order chi connectivity index (χ1) is 17.5. The standard InChI is InChI=1S/C29H48N4O4/c1-18-23-13-22(29(23,3)4)14-24(18)31-28(36)27-26(19(2)35)25(17-34)37-33(27)16-21-9-7-8-20(12-21)15-30-10-11-32(5)6/h7-9,12,18-19,22-27,30,34-35H,10-11,13-17H2,1-6H3,(H,31,36)/t18?,19-,22+,23-,24-,25-,26?,27-/m0/s1. The highest BCUT2D eigenvalue weighted by atomic mass is 16.7. The highest BCUT2D eigenvalue weighted by Gasteiger charge is 2.57. The topological polar surface area (TPSA) is 97.3 Å². The summed E-state index contributed by atoms with van der Waals surface area (Å²) in [5.74, 6) is 1.06. The van der Waals surface area contributed by atoms with E-state index in [0.717, 1.165) is 31.6 Å². The Labute approximate surface area is 222 Å². The number of fused-ring (bicyclic) bond motifs is 2. The lowest BCUT2D eigenvalue weighted by atomic mass is 9.45. The summed E-state index contributed by atoms with van der Waals surface area (Å²) in [7, 11) is 4.12. The molecule has 1 heterocycles. The number of hydroxylamine groups is 2. The summed E-state index contributed by atoms with van der Waals surface area (Å²) < 4.78 is 0. The van der Waals surface area contributed by atoms with Crippen molar-refractivity contribution in [3.05, 3.63) is 35.4 Å². The van der Waals surface area contributed by atoms with Crippen LogP contribution in [0.25, 0.3) is 0 Å². The molecular formula is C29H48N4O4. The minimum atomic E-state index is -0.791. The van der Waals surface area contributed by atoms with Gasteiger partial charge < -0.3 is 25.7 Å². The van der Waals surface area contributed by atoms with Crippen molar-refractivity contribution >= 4 is 5.91 Å². The van der Waals surface area contributed by atoms with E-state index in [0.29, 0.717) is 29.7 Å². The zero-order chi connectivity index (χ0) is 26.9. The third kappa shape index (κ3) is 6.05. The Bertz CT molecular complexity index is 923. The first-order valence-electron chi connectivity index (χ1n) is 14.0. The smallest absolute Gasteiger partial charge is 0.240 e. The number of aliphatic hydroxyl groups is 2. The molecule has 2 unspecified atom stereocenters. The van der Waals surface area contributed by atoms with Gasteiger partial charge in [0.2, 0.25) is 5.91 Å². The number of amides is 1. The second kappa shape index (κ2) is 11.7. The molecule has 1 aromatic carbocycles. The molecule has 1 amide bonds. The first kappa shape index (κ1) is 28.5. The van der Waals surface area contributed by atoms with Crippen LogP contribution in [0.3, 0.4) is 0 Å². The summed E-state index contributed by atoms with van der Waals surface area (Å²) >= 11 is 0. The van der Waals surface area contributed by atoms with Crippen molar-refractivity contribution in [2.75, 3.05) is 33.8 Å². The van der Waals surface area contributed by atoms with Gasteiger partial charge in [0.25, 0.3) is 0 Å². The zero-order valence-electron chi connectivity index (χ0n) is 23.5. The number of aliphatic hydroxyl groups excluding tert-OH is 2. The van der Waals surface area contributed by atoms with Crippen molar-refractivity contribution in [3.8, 4) is 0 Å². The Morgan fingerprint density at radius 2 is 2.00 bits per heavy atom. The van der Waals surface area contributed by atoms with Gasteiger partial charge in [-0.15, -0.1) is 0 Å². The van der Waals surface area contributed by atoms with Gasteiger partial charge in [-0.05, 0) is 68.2 Å². The van der Waals surface area contributed by atoms with Crippen molar-refractivity contribution in [2.24, 2.45) is 29.1 Å². The van der Waals surface area contributed by atoms with E-state index < -0.39 is 24.2 Å². The van der Waals surface area contributed by atoms with Gasteiger partial charge in [0.05, 0.1) is 19.3 Å². The first-order valence-corrected chi connectivity index (χ1v) is 14.0. The second-order valence-corrected chi connectivity index (χ2v) is 12.5. The molecule has 4 aliphatic rings. The molecule has 5 rings (SSSR count). The maximum Gasteiger partial charge on any atom is 0.240 e. The maximum absolute atomic E-state index is 13.8. The maximum atomic E-state index is 13.8. The predicted molar refractivity (Wildman–Crippen MR) is 144 cm³/mol. The van der Waals surface area contributed by atoms with E-state index in [9.17, 15) is 15.0 Å². The fourth-order valence-electron chi connectivity index (χ4n) is 7.04.